The van der Waals surface area contributed by atoms with Crippen molar-refractivity contribution in [1.29, 1.82) is 0 Å². The van der Waals surface area contributed by atoms with Gasteiger partial charge in [-0.25, -0.2) is 4.79 Å². The molecule has 0 bridgehead atoms. The Bertz CT molecular complexity index is 408. The van der Waals surface area contributed by atoms with Crippen molar-refractivity contribution in [1.82, 2.24) is 0 Å². The van der Waals surface area contributed by atoms with Crippen LogP contribution in [-0.4, -0.2) is 17.3 Å². The van der Waals surface area contributed by atoms with Gasteiger partial charge in [0.2, 0.25) is 0 Å². The number of carboxylic acids is 1. The van der Waals surface area contributed by atoms with Crippen LogP contribution in [0, 0.1) is 0 Å². The second-order valence-corrected chi connectivity index (χ2v) is 3.49. The first-order valence-electron chi connectivity index (χ1n) is 4.94. The zero-order chi connectivity index (χ0) is 12.9. The second-order valence-electron chi connectivity index (χ2n) is 3.49. The van der Waals surface area contributed by atoms with E-state index < -0.39 is 17.7 Å². The number of carbonyl (C=O) groups is 1. The van der Waals surface area contributed by atoms with E-state index in [1.165, 1.54) is 0 Å². The zero-order valence-corrected chi connectivity index (χ0v) is 8.87. The molecule has 1 rings (SSSR count). The SMILES string of the molecule is O=C(O)/C=C(\CCc1ccccc1)C(F)(F)F. The molecule has 1 aromatic carbocycles. The lowest BCUT2D eigenvalue weighted by atomic mass is 10.0. The summed E-state index contributed by atoms with van der Waals surface area (Å²) < 4.78 is 37.4. The van der Waals surface area contributed by atoms with Crippen molar-refractivity contribution in [3.63, 3.8) is 0 Å². The first kappa shape index (κ1) is 13.3. The highest BCUT2D eigenvalue weighted by atomic mass is 19.4. The Morgan fingerprint density at radius 1 is 1.24 bits per heavy atom. The van der Waals surface area contributed by atoms with E-state index in [4.69, 9.17) is 5.11 Å². The fourth-order valence-corrected chi connectivity index (χ4v) is 1.37. The van der Waals surface area contributed by atoms with Crippen molar-refractivity contribution >= 4 is 5.97 Å². The second kappa shape index (κ2) is 5.52. The minimum Gasteiger partial charge on any atom is -0.478 e. The van der Waals surface area contributed by atoms with Crippen LogP contribution < -0.4 is 0 Å². The lowest BCUT2D eigenvalue weighted by Gasteiger charge is -2.10. The quantitative estimate of drug-likeness (QED) is 0.826. The topological polar surface area (TPSA) is 37.3 Å². The molecule has 2 nitrogen and oxygen atoms in total. The average molecular weight is 244 g/mol. The van der Waals surface area contributed by atoms with E-state index in [0.717, 1.165) is 5.56 Å². The predicted octanol–water partition coefficient (Wildman–Crippen LogP) is 3.19. The van der Waals surface area contributed by atoms with Crippen molar-refractivity contribution in [3.05, 3.63) is 47.5 Å². The smallest absolute Gasteiger partial charge is 0.412 e. The van der Waals surface area contributed by atoms with Gasteiger partial charge < -0.3 is 5.11 Å². The average Bonchev–Trinajstić information content (AvgIpc) is 2.23. The van der Waals surface area contributed by atoms with Crippen molar-refractivity contribution in [3.8, 4) is 0 Å². The van der Waals surface area contributed by atoms with Gasteiger partial charge in [0.15, 0.2) is 0 Å². The number of hydrogen-bond acceptors (Lipinski definition) is 1. The first-order valence-corrected chi connectivity index (χ1v) is 4.94. The highest BCUT2D eigenvalue weighted by molar-refractivity contribution is 5.80. The van der Waals surface area contributed by atoms with Crippen molar-refractivity contribution < 1.29 is 23.1 Å². The zero-order valence-electron chi connectivity index (χ0n) is 8.87. The van der Waals surface area contributed by atoms with E-state index in [2.05, 4.69) is 0 Å². The number of carboxylic acid groups (broad SMARTS) is 1. The molecule has 0 atom stereocenters. The fourth-order valence-electron chi connectivity index (χ4n) is 1.37. The standard InChI is InChI=1S/C12H11F3O2/c13-12(14,15)10(8-11(16)17)7-6-9-4-2-1-3-5-9/h1-5,8H,6-7H2,(H,16,17)/b10-8+. The van der Waals surface area contributed by atoms with Gasteiger partial charge in [0, 0.05) is 11.6 Å². The summed E-state index contributed by atoms with van der Waals surface area (Å²) >= 11 is 0. The molecule has 0 fully saturated rings. The summed E-state index contributed by atoms with van der Waals surface area (Å²) in [7, 11) is 0. The summed E-state index contributed by atoms with van der Waals surface area (Å²) in [6.07, 6.45) is -4.53. The Morgan fingerprint density at radius 3 is 2.29 bits per heavy atom. The van der Waals surface area contributed by atoms with E-state index in [1.807, 2.05) is 0 Å². The van der Waals surface area contributed by atoms with Crippen LogP contribution in [0.3, 0.4) is 0 Å². The fraction of sp³-hybridized carbons (Fsp3) is 0.250. The van der Waals surface area contributed by atoms with Crippen LogP contribution in [0.25, 0.3) is 0 Å². The molecular formula is C12H11F3O2. The normalized spacial score (nSPS) is 12.5. The van der Waals surface area contributed by atoms with Gasteiger partial charge >= 0.3 is 12.1 Å². The summed E-state index contributed by atoms with van der Waals surface area (Å²) in [5, 5.41) is 8.37. The molecule has 0 aliphatic heterocycles. The molecule has 5 heteroatoms. The van der Waals surface area contributed by atoms with Gasteiger partial charge in [0.05, 0.1) is 0 Å². The minimum atomic E-state index is -4.59. The highest BCUT2D eigenvalue weighted by Gasteiger charge is 2.33. The number of halogens is 3. The number of aryl methyl sites for hydroxylation is 1. The molecule has 0 unspecified atom stereocenters. The van der Waals surface area contributed by atoms with Gasteiger partial charge in [0.1, 0.15) is 0 Å². The third-order valence-electron chi connectivity index (χ3n) is 2.19. The molecule has 0 aliphatic carbocycles. The third kappa shape index (κ3) is 4.72. The van der Waals surface area contributed by atoms with Crippen molar-refractivity contribution in [2.75, 3.05) is 0 Å². The molecular weight excluding hydrogens is 233 g/mol. The van der Waals surface area contributed by atoms with Gasteiger partial charge in [-0.3, -0.25) is 0 Å². The Labute approximate surface area is 96.4 Å². The minimum absolute atomic E-state index is 0.166. The van der Waals surface area contributed by atoms with Crippen molar-refractivity contribution in [2.24, 2.45) is 0 Å². The van der Waals surface area contributed by atoms with E-state index >= 15 is 0 Å². The molecule has 0 saturated carbocycles. The van der Waals surface area contributed by atoms with Crippen LogP contribution in [0.5, 0.6) is 0 Å². The molecule has 0 aromatic heterocycles. The van der Waals surface area contributed by atoms with Crippen molar-refractivity contribution in [2.45, 2.75) is 19.0 Å². The van der Waals surface area contributed by atoms with Crippen LogP contribution in [0.2, 0.25) is 0 Å². The van der Waals surface area contributed by atoms with E-state index in [1.54, 1.807) is 30.3 Å². The number of benzene rings is 1. The number of alkyl halides is 3. The summed E-state index contributed by atoms with van der Waals surface area (Å²) in [6, 6.07) is 8.62. The Balaban J connectivity index is 2.73. The Morgan fingerprint density at radius 2 is 1.82 bits per heavy atom. The summed E-state index contributed by atoms with van der Waals surface area (Å²) in [5.74, 6) is -1.58. The Hall–Kier alpha value is -1.78. The molecule has 0 spiro atoms. The molecule has 1 aromatic rings. The van der Waals surface area contributed by atoms with Crippen LogP contribution in [-0.2, 0) is 11.2 Å². The number of rotatable bonds is 4. The number of hydrogen-bond donors (Lipinski definition) is 1. The molecule has 0 saturated heterocycles. The Kier molecular flexibility index (Phi) is 4.31. The summed E-state index contributed by atoms with van der Waals surface area (Å²) in [6.45, 7) is 0. The molecule has 92 valence electrons. The largest absolute Gasteiger partial charge is 0.478 e. The van der Waals surface area contributed by atoms with Gasteiger partial charge in [-0.15, -0.1) is 0 Å². The summed E-state index contributed by atoms with van der Waals surface area (Å²) in [5.41, 5.74) is -0.276. The van der Waals surface area contributed by atoms with Gasteiger partial charge in [-0.1, -0.05) is 30.3 Å². The molecule has 1 N–H and O–H groups in total. The maximum atomic E-state index is 12.5. The lowest BCUT2D eigenvalue weighted by molar-refractivity contribution is -0.132. The highest BCUT2D eigenvalue weighted by Crippen LogP contribution is 2.29. The number of allylic oxidation sites excluding steroid dienone is 1. The maximum absolute atomic E-state index is 12.5. The molecule has 0 amide bonds. The monoisotopic (exact) mass is 244 g/mol. The summed E-state index contributed by atoms with van der Waals surface area (Å²) in [4.78, 5) is 10.3. The molecule has 0 aliphatic rings. The number of aliphatic carboxylic acids is 1. The van der Waals surface area contributed by atoms with Crippen LogP contribution in [0.4, 0.5) is 13.2 Å². The van der Waals surface area contributed by atoms with Gasteiger partial charge in [0.25, 0.3) is 0 Å². The third-order valence-corrected chi connectivity index (χ3v) is 2.19. The van der Waals surface area contributed by atoms with Crippen LogP contribution in [0.1, 0.15) is 12.0 Å². The molecule has 0 heterocycles. The van der Waals surface area contributed by atoms with Crippen LogP contribution in [0.15, 0.2) is 42.0 Å². The predicted molar refractivity (Wildman–Crippen MR) is 56.5 cm³/mol. The van der Waals surface area contributed by atoms with E-state index in [-0.39, 0.29) is 18.9 Å². The molecule has 0 radical (unpaired) electrons. The molecule has 17 heavy (non-hydrogen) atoms. The van der Waals surface area contributed by atoms with Gasteiger partial charge in [-0.2, -0.15) is 13.2 Å². The van der Waals surface area contributed by atoms with E-state index in [0.29, 0.717) is 0 Å². The van der Waals surface area contributed by atoms with Gasteiger partial charge in [-0.05, 0) is 18.4 Å². The van der Waals surface area contributed by atoms with E-state index in [9.17, 15) is 18.0 Å². The maximum Gasteiger partial charge on any atom is 0.412 e. The lowest BCUT2D eigenvalue weighted by Crippen LogP contribution is -2.14. The first-order chi connectivity index (χ1) is 7.89. The van der Waals surface area contributed by atoms with Crippen LogP contribution >= 0.6 is 0 Å².